The number of nitrogen functional groups attached to an aromatic ring is 1. The molecule has 0 fully saturated rings. The first kappa shape index (κ1) is 10.2. The van der Waals surface area contributed by atoms with Crippen LogP contribution in [0.3, 0.4) is 0 Å². The quantitative estimate of drug-likeness (QED) is 0.650. The highest BCUT2D eigenvalue weighted by atomic mass is 16.1. The van der Waals surface area contributed by atoms with Crippen LogP contribution in [0.1, 0.15) is 34.5 Å². The van der Waals surface area contributed by atoms with Gasteiger partial charge in [0.2, 0.25) is 0 Å². The smallest absolute Gasteiger partial charge is 0.250 e. The molecule has 0 radical (unpaired) electrons. The monoisotopic (exact) mass is 229 g/mol. The number of fused-ring (bicyclic) bond motifs is 3. The number of primary amides is 1. The van der Waals surface area contributed by atoms with Gasteiger partial charge in [0.25, 0.3) is 5.91 Å². The summed E-state index contributed by atoms with van der Waals surface area (Å²) in [7, 11) is 0. The number of H-pyrrole nitrogens is 1. The van der Waals surface area contributed by atoms with Crippen molar-refractivity contribution in [1.82, 2.24) is 4.98 Å². The molecule has 17 heavy (non-hydrogen) atoms. The molecule has 1 heterocycles. The van der Waals surface area contributed by atoms with Crippen molar-refractivity contribution in [3.63, 3.8) is 0 Å². The predicted octanol–water partition coefficient (Wildman–Crippen LogP) is 1.73. The van der Waals surface area contributed by atoms with Gasteiger partial charge in [-0.1, -0.05) is 0 Å². The van der Waals surface area contributed by atoms with Crippen LogP contribution in [0.4, 0.5) is 5.69 Å². The number of hydrogen-bond acceptors (Lipinski definition) is 2. The lowest BCUT2D eigenvalue weighted by atomic mass is 9.94. The van der Waals surface area contributed by atoms with Crippen LogP contribution >= 0.6 is 0 Å². The summed E-state index contributed by atoms with van der Waals surface area (Å²) in [4.78, 5) is 14.7. The summed E-state index contributed by atoms with van der Waals surface area (Å²) in [6.45, 7) is 0. The maximum absolute atomic E-state index is 11.4. The lowest BCUT2D eigenvalue weighted by molar-refractivity contribution is 0.100. The number of hydrogen-bond donors (Lipinski definition) is 3. The Morgan fingerprint density at radius 3 is 2.76 bits per heavy atom. The van der Waals surface area contributed by atoms with Crippen molar-refractivity contribution < 1.29 is 4.79 Å². The molecule has 0 unspecified atom stereocenters. The van der Waals surface area contributed by atoms with Crippen LogP contribution in [0.15, 0.2) is 12.1 Å². The van der Waals surface area contributed by atoms with Crippen LogP contribution in [0, 0.1) is 0 Å². The first-order valence-electron chi connectivity index (χ1n) is 5.90. The third-order valence-corrected chi connectivity index (χ3v) is 3.55. The molecule has 1 aliphatic carbocycles. The minimum absolute atomic E-state index is 0.409. The van der Waals surface area contributed by atoms with Crippen LogP contribution in [-0.4, -0.2) is 10.9 Å². The SMILES string of the molecule is NC(=O)c1ccc(N)c2c3c([nH]c12)CCCC3. The van der Waals surface area contributed by atoms with Gasteiger partial charge in [0.05, 0.1) is 11.1 Å². The van der Waals surface area contributed by atoms with E-state index in [9.17, 15) is 4.79 Å². The molecule has 1 aromatic carbocycles. The molecular weight excluding hydrogens is 214 g/mol. The summed E-state index contributed by atoms with van der Waals surface area (Å²) >= 11 is 0. The Balaban J connectivity index is 2.39. The van der Waals surface area contributed by atoms with Gasteiger partial charge in [-0.15, -0.1) is 0 Å². The van der Waals surface area contributed by atoms with E-state index in [0.717, 1.165) is 29.4 Å². The zero-order valence-corrected chi connectivity index (χ0v) is 9.55. The van der Waals surface area contributed by atoms with Gasteiger partial charge < -0.3 is 16.5 Å². The number of carbonyl (C=O) groups excluding carboxylic acids is 1. The largest absolute Gasteiger partial charge is 0.398 e. The van der Waals surface area contributed by atoms with Crippen LogP contribution in [0.5, 0.6) is 0 Å². The standard InChI is InChI=1S/C13H15N3O/c14-9-6-5-8(13(15)17)12-11(9)7-3-1-2-4-10(7)16-12/h5-6,16H,1-4,14H2,(H2,15,17). The van der Waals surface area contributed by atoms with Crippen LogP contribution in [0.25, 0.3) is 10.9 Å². The Bertz CT molecular complexity index is 613. The predicted molar refractivity (Wildman–Crippen MR) is 67.9 cm³/mol. The highest BCUT2D eigenvalue weighted by Crippen LogP contribution is 2.34. The number of anilines is 1. The summed E-state index contributed by atoms with van der Waals surface area (Å²) in [5.74, 6) is -0.409. The van der Waals surface area contributed by atoms with Crippen LogP contribution < -0.4 is 11.5 Å². The molecule has 0 bridgehead atoms. The fourth-order valence-corrected chi connectivity index (χ4v) is 2.75. The van der Waals surface area contributed by atoms with Crippen molar-refractivity contribution in [2.24, 2.45) is 5.73 Å². The molecule has 2 aromatic rings. The molecule has 3 rings (SSSR count). The number of aryl methyl sites for hydroxylation is 2. The number of nitrogens with one attached hydrogen (secondary N) is 1. The van der Waals surface area contributed by atoms with E-state index in [4.69, 9.17) is 11.5 Å². The summed E-state index contributed by atoms with van der Waals surface area (Å²) < 4.78 is 0. The van der Waals surface area contributed by atoms with E-state index in [2.05, 4.69) is 4.98 Å². The van der Waals surface area contributed by atoms with E-state index in [-0.39, 0.29) is 0 Å². The number of aromatic amines is 1. The summed E-state index contributed by atoms with van der Waals surface area (Å²) in [6.07, 6.45) is 4.43. The number of amides is 1. The third kappa shape index (κ3) is 1.40. The third-order valence-electron chi connectivity index (χ3n) is 3.55. The van der Waals surface area contributed by atoms with Crippen molar-refractivity contribution in [3.05, 3.63) is 29.0 Å². The molecule has 1 aliphatic rings. The number of nitrogens with two attached hydrogens (primary N) is 2. The van der Waals surface area contributed by atoms with Crippen molar-refractivity contribution in [1.29, 1.82) is 0 Å². The zero-order chi connectivity index (χ0) is 12.0. The van der Waals surface area contributed by atoms with Crippen molar-refractivity contribution in [2.45, 2.75) is 25.7 Å². The van der Waals surface area contributed by atoms with Crippen molar-refractivity contribution in [2.75, 3.05) is 5.73 Å². The van der Waals surface area contributed by atoms with E-state index in [0.29, 0.717) is 5.56 Å². The van der Waals surface area contributed by atoms with Crippen molar-refractivity contribution in [3.8, 4) is 0 Å². The molecule has 0 spiro atoms. The van der Waals surface area contributed by atoms with Crippen molar-refractivity contribution >= 4 is 22.5 Å². The lowest BCUT2D eigenvalue weighted by Gasteiger charge is -2.11. The van der Waals surface area contributed by atoms with Crippen LogP contribution in [-0.2, 0) is 12.8 Å². The Morgan fingerprint density at radius 2 is 2.00 bits per heavy atom. The number of rotatable bonds is 1. The van der Waals surface area contributed by atoms with Crippen LogP contribution in [0.2, 0.25) is 0 Å². The minimum Gasteiger partial charge on any atom is -0.398 e. The number of carbonyl (C=O) groups is 1. The van der Waals surface area contributed by atoms with Gasteiger partial charge >= 0.3 is 0 Å². The molecule has 1 aromatic heterocycles. The molecule has 1 amide bonds. The molecule has 4 nitrogen and oxygen atoms in total. The van der Waals surface area contributed by atoms with E-state index in [1.807, 2.05) is 0 Å². The second-order valence-electron chi connectivity index (χ2n) is 4.61. The molecule has 88 valence electrons. The zero-order valence-electron chi connectivity index (χ0n) is 9.55. The van der Waals surface area contributed by atoms with Gasteiger partial charge in [0.15, 0.2) is 0 Å². The fraction of sp³-hybridized carbons (Fsp3) is 0.308. The van der Waals surface area contributed by atoms with E-state index >= 15 is 0 Å². The molecule has 4 heteroatoms. The van der Waals surface area contributed by atoms with Gasteiger partial charge in [-0.2, -0.15) is 0 Å². The second kappa shape index (κ2) is 3.52. The molecule has 0 saturated heterocycles. The minimum atomic E-state index is -0.409. The normalized spacial score (nSPS) is 14.8. The first-order valence-corrected chi connectivity index (χ1v) is 5.90. The number of benzene rings is 1. The Labute approximate surface area is 99.0 Å². The van der Waals surface area contributed by atoms with E-state index in [1.54, 1.807) is 12.1 Å². The second-order valence-corrected chi connectivity index (χ2v) is 4.61. The first-order chi connectivity index (χ1) is 8.18. The lowest BCUT2D eigenvalue weighted by Crippen LogP contribution is -2.11. The average molecular weight is 229 g/mol. The fourth-order valence-electron chi connectivity index (χ4n) is 2.75. The Morgan fingerprint density at radius 1 is 1.24 bits per heavy atom. The average Bonchev–Trinajstić information content (AvgIpc) is 2.68. The molecular formula is C13H15N3O. The summed E-state index contributed by atoms with van der Waals surface area (Å²) in [5.41, 5.74) is 16.0. The van der Waals surface area contributed by atoms with E-state index < -0.39 is 5.91 Å². The van der Waals surface area contributed by atoms with Gasteiger partial charge in [-0.25, -0.2) is 0 Å². The molecule has 0 aliphatic heterocycles. The maximum atomic E-state index is 11.4. The van der Waals surface area contributed by atoms with E-state index in [1.165, 1.54) is 24.1 Å². The molecule has 0 saturated carbocycles. The maximum Gasteiger partial charge on any atom is 0.250 e. The highest BCUT2D eigenvalue weighted by Gasteiger charge is 2.20. The Hall–Kier alpha value is -1.97. The molecule has 5 N–H and O–H groups in total. The number of aromatic nitrogens is 1. The van der Waals surface area contributed by atoms with Gasteiger partial charge in [-0.05, 0) is 43.4 Å². The van der Waals surface area contributed by atoms with Gasteiger partial charge in [0, 0.05) is 16.8 Å². The van der Waals surface area contributed by atoms with Gasteiger partial charge in [0.1, 0.15) is 0 Å². The summed E-state index contributed by atoms with van der Waals surface area (Å²) in [5, 5.41) is 0.996. The topological polar surface area (TPSA) is 84.9 Å². The van der Waals surface area contributed by atoms with Gasteiger partial charge in [-0.3, -0.25) is 4.79 Å². The molecule has 0 atom stereocenters. The highest BCUT2D eigenvalue weighted by molar-refractivity contribution is 6.09. The summed E-state index contributed by atoms with van der Waals surface area (Å²) in [6, 6.07) is 3.47. The Kier molecular flexibility index (Phi) is 2.11.